The first-order valence-electron chi connectivity index (χ1n) is 9.17. The van der Waals surface area contributed by atoms with E-state index in [0.29, 0.717) is 26.1 Å². The minimum absolute atomic E-state index is 0.0681. The molecule has 1 aromatic heterocycles. The highest BCUT2D eigenvalue weighted by atomic mass is 32.2. The molecule has 10 heteroatoms. The standard InChI is InChI=1S/C19H25F2N3O4S/c1-4-24(5-2)29(26,27)16-12-17(23(3)13-16)18(25)22-11-10-14-6-8-15(9-7-14)28-19(20)21/h6-9,12-13,19H,4-5,10-11H2,1-3H3,(H,22,25). The van der Waals surface area contributed by atoms with Gasteiger partial charge in [0.1, 0.15) is 16.3 Å². The van der Waals surface area contributed by atoms with E-state index in [0.717, 1.165) is 5.56 Å². The van der Waals surface area contributed by atoms with Gasteiger partial charge in [-0.25, -0.2) is 8.42 Å². The second-order valence-electron chi connectivity index (χ2n) is 6.29. The Bertz CT molecular complexity index is 923. The number of carbonyl (C=O) groups excluding carboxylic acids is 1. The van der Waals surface area contributed by atoms with Crippen LogP contribution in [-0.2, 0) is 23.5 Å². The molecule has 0 bridgehead atoms. The SMILES string of the molecule is CCN(CC)S(=O)(=O)c1cc(C(=O)NCCc2ccc(OC(F)F)cc2)n(C)c1. The van der Waals surface area contributed by atoms with Gasteiger partial charge in [0.05, 0.1) is 0 Å². The third-order valence-corrected chi connectivity index (χ3v) is 6.42. The van der Waals surface area contributed by atoms with Crippen LogP contribution >= 0.6 is 0 Å². The molecule has 1 aromatic carbocycles. The number of nitrogens with zero attached hydrogens (tertiary/aromatic N) is 2. The summed E-state index contributed by atoms with van der Waals surface area (Å²) >= 11 is 0. The number of aryl methyl sites for hydroxylation is 1. The second kappa shape index (κ2) is 9.84. The highest BCUT2D eigenvalue weighted by molar-refractivity contribution is 7.89. The maximum absolute atomic E-state index is 12.6. The van der Waals surface area contributed by atoms with Crippen LogP contribution in [0.25, 0.3) is 0 Å². The molecule has 0 atom stereocenters. The van der Waals surface area contributed by atoms with Crippen LogP contribution in [0.4, 0.5) is 8.78 Å². The third-order valence-electron chi connectivity index (χ3n) is 4.40. The molecular formula is C19H25F2N3O4S. The fourth-order valence-electron chi connectivity index (χ4n) is 2.86. The number of sulfonamides is 1. The van der Waals surface area contributed by atoms with Crippen LogP contribution in [0.2, 0.25) is 0 Å². The molecule has 0 spiro atoms. The number of hydrogen-bond acceptors (Lipinski definition) is 4. The molecule has 0 aliphatic carbocycles. The highest BCUT2D eigenvalue weighted by Crippen LogP contribution is 2.19. The number of amides is 1. The molecule has 0 fully saturated rings. The van der Waals surface area contributed by atoms with E-state index in [1.165, 1.54) is 33.3 Å². The average Bonchev–Trinajstić information content (AvgIpc) is 3.06. The van der Waals surface area contributed by atoms with Gasteiger partial charge in [-0.2, -0.15) is 13.1 Å². The fraction of sp³-hybridized carbons (Fsp3) is 0.421. The molecule has 29 heavy (non-hydrogen) atoms. The van der Waals surface area contributed by atoms with Crippen molar-refractivity contribution in [3.63, 3.8) is 0 Å². The number of ether oxygens (including phenoxy) is 1. The minimum Gasteiger partial charge on any atom is -0.435 e. The Morgan fingerprint density at radius 1 is 1.21 bits per heavy atom. The van der Waals surface area contributed by atoms with E-state index in [2.05, 4.69) is 10.1 Å². The highest BCUT2D eigenvalue weighted by Gasteiger charge is 2.25. The molecule has 0 saturated carbocycles. The van der Waals surface area contributed by atoms with Gasteiger partial charge < -0.3 is 14.6 Å². The zero-order valence-electron chi connectivity index (χ0n) is 16.6. The summed E-state index contributed by atoms with van der Waals surface area (Å²) < 4.78 is 56.6. The summed E-state index contributed by atoms with van der Waals surface area (Å²) in [7, 11) is -2.04. The van der Waals surface area contributed by atoms with Crippen molar-refractivity contribution in [1.29, 1.82) is 0 Å². The van der Waals surface area contributed by atoms with Gasteiger partial charge >= 0.3 is 6.61 Å². The molecule has 0 saturated heterocycles. The van der Waals surface area contributed by atoms with E-state index < -0.39 is 22.5 Å². The van der Waals surface area contributed by atoms with Crippen molar-refractivity contribution in [2.24, 2.45) is 7.05 Å². The average molecular weight is 429 g/mol. The van der Waals surface area contributed by atoms with Crippen LogP contribution in [0.3, 0.4) is 0 Å². The quantitative estimate of drug-likeness (QED) is 0.630. The Labute approximate surface area is 169 Å². The first kappa shape index (κ1) is 22.8. The van der Waals surface area contributed by atoms with Gasteiger partial charge in [-0.1, -0.05) is 26.0 Å². The summed E-state index contributed by atoms with van der Waals surface area (Å²) in [6.07, 6.45) is 1.90. The molecule has 1 amide bonds. The molecule has 0 radical (unpaired) electrons. The van der Waals surface area contributed by atoms with Crippen molar-refractivity contribution in [1.82, 2.24) is 14.2 Å². The maximum Gasteiger partial charge on any atom is 0.387 e. The number of aromatic nitrogens is 1. The van der Waals surface area contributed by atoms with Crippen LogP contribution in [0, 0.1) is 0 Å². The lowest BCUT2D eigenvalue weighted by Gasteiger charge is -2.17. The van der Waals surface area contributed by atoms with E-state index in [4.69, 9.17) is 0 Å². The summed E-state index contributed by atoms with van der Waals surface area (Å²) in [5.41, 5.74) is 1.07. The lowest BCUT2D eigenvalue weighted by atomic mass is 10.1. The molecular weight excluding hydrogens is 404 g/mol. The molecule has 1 heterocycles. The molecule has 0 unspecified atom stereocenters. The second-order valence-corrected chi connectivity index (χ2v) is 8.23. The monoisotopic (exact) mass is 429 g/mol. The van der Waals surface area contributed by atoms with Gasteiger partial charge in [0.25, 0.3) is 5.91 Å². The Balaban J connectivity index is 1.98. The topological polar surface area (TPSA) is 80.6 Å². The lowest BCUT2D eigenvalue weighted by molar-refractivity contribution is -0.0498. The molecule has 0 aliphatic rings. The Morgan fingerprint density at radius 2 is 1.83 bits per heavy atom. The Hall–Kier alpha value is -2.46. The number of alkyl halides is 2. The minimum atomic E-state index is -3.65. The van der Waals surface area contributed by atoms with Crippen LogP contribution in [0.5, 0.6) is 5.75 Å². The van der Waals surface area contributed by atoms with E-state index >= 15 is 0 Å². The normalized spacial score (nSPS) is 11.8. The van der Waals surface area contributed by atoms with Crippen molar-refractivity contribution < 1.29 is 26.7 Å². The lowest BCUT2D eigenvalue weighted by Crippen LogP contribution is -2.30. The predicted molar refractivity (Wildman–Crippen MR) is 105 cm³/mol. The molecule has 7 nitrogen and oxygen atoms in total. The van der Waals surface area contributed by atoms with E-state index in [9.17, 15) is 22.0 Å². The van der Waals surface area contributed by atoms with Crippen LogP contribution in [-0.4, -0.2) is 49.4 Å². The number of carbonyl (C=O) groups is 1. The maximum atomic E-state index is 12.6. The van der Waals surface area contributed by atoms with E-state index in [1.807, 2.05) is 0 Å². The largest absolute Gasteiger partial charge is 0.435 e. The Morgan fingerprint density at radius 3 is 2.38 bits per heavy atom. The number of halogens is 2. The van der Waals surface area contributed by atoms with Crippen molar-refractivity contribution in [3.05, 3.63) is 47.8 Å². The summed E-state index contributed by atoms with van der Waals surface area (Å²) in [5.74, 6) is -0.329. The zero-order valence-corrected chi connectivity index (χ0v) is 17.4. The summed E-state index contributed by atoms with van der Waals surface area (Å²) in [6.45, 7) is 1.62. The number of benzene rings is 1. The molecule has 2 aromatic rings. The van der Waals surface area contributed by atoms with Gasteiger partial charge in [0.15, 0.2) is 0 Å². The first-order chi connectivity index (χ1) is 13.7. The molecule has 0 aliphatic heterocycles. The van der Waals surface area contributed by atoms with Crippen LogP contribution in [0.15, 0.2) is 41.4 Å². The fourth-order valence-corrected chi connectivity index (χ4v) is 4.39. The smallest absolute Gasteiger partial charge is 0.387 e. The number of hydrogen-bond donors (Lipinski definition) is 1. The number of rotatable bonds is 10. The van der Waals surface area contributed by atoms with Crippen molar-refractivity contribution in [2.75, 3.05) is 19.6 Å². The van der Waals surface area contributed by atoms with Gasteiger partial charge in [-0.3, -0.25) is 4.79 Å². The van der Waals surface area contributed by atoms with Crippen molar-refractivity contribution in [2.45, 2.75) is 31.8 Å². The van der Waals surface area contributed by atoms with Gasteiger partial charge in [-0.15, -0.1) is 0 Å². The number of nitrogens with one attached hydrogen (secondary N) is 1. The third kappa shape index (κ3) is 5.77. The van der Waals surface area contributed by atoms with Crippen LogP contribution < -0.4 is 10.1 Å². The summed E-state index contributed by atoms with van der Waals surface area (Å²) in [5, 5.41) is 2.74. The van der Waals surface area contributed by atoms with Gasteiger partial charge in [-0.05, 0) is 30.2 Å². The summed E-state index contributed by atoms with van der Waals surface area (Å²) in [6, 6.07) is 7.51. The van der Waals surface area contributed by atoms with Crippen molar-refractivity contribution in [3.8, 4) is 5.75 Å². The molecule has 2 rings (SSSR count). The summed E-state index contributed by atoms with van der Waals surface area (Å²) in [4.78, 5) is 12.5. The zero-order chi connectivity index (χ0) is 21.6. The Kier molecular flexibility index (Phi) is 7.74. The van der Waals surface area contributed by atoms with Gasteiger partial charge in [0, 0.05) is 32.9 Å². The van der Waals surface area contributed by atoms with Crippen molar-refractivity contribution >= 4 is 15.9 Å². The van der Waals surface area contributed by atoms with Crippen LogP contribution in [0.1, 0.15) is 29.9 Å². The molecule has 1 N–H and O–H groups in total. The van der Waals surface area contributed by atoms with Gasteiger partial charge in [0.2, 0.25) is 10.0 Å². The molecule has 160 valence electrons. The predicted octanol–water partition coefficient (Wildman–Crippen LogP) is 2.63. The first-order valence-corrected chi connectivity index (χ1v) is 10.6. The van der Waals surface area contributed by atoms with E-state index in [1.54, 1.807) is 33.0 Å². The van der Waals surface area contributed by atoms with E-state index in [-0.39, 0.29) is 16.3 Å².